The topological polar surface area (TPSA) is 21.1 Å². The Morgan fingerprint density at radius 3 is 2.62 bits per heavy atom. The number of halogens is 1. The first-order valence-electron chi connectivity index (χ1n) is 8.60. The molecule has 3 aromatic rings. The molecule has 0 N–H and O–H groups in total. The Bertz CT molecular complexity index is 905. The van der Waals surface area contributed by atoms with Gasteiger partial charge in [0.15, 0.2) is 0 Å². The predicted molar refractivity (Wildman–Crippen MR) is 92.1 cm³/mol. The molecule has 1 saturated carbocycles. The van der Waals surface area contributed by atoms with Gasteiger partial charge in [-0.15, -0.1) is 0 Å². The number of aryl methyl sites for hydroxylation is 1. The first kappa shape index (κ1) is 14.2. The van der Waals surface area contributed by atoms with Gasteiger partial charge in [0.25, 0.3) is 0 Å². The summed E-state index contributed by atoms with van der Waals surface area (Å²) in [4.78, 5) is 2.50. The van der Waals surface area contributed by atoms with Crippen LogP contribution in [0.3, 0.4) is 0 Å². The van der Waals surface area contributed by atoms with Crippen LogP contribution >= 0.6 is 0 Å². The quantitative estimate of drug-likeness (QED) is 0.731. The van der Waals surface area contributed by atoms with E-state index in [4.69, 9.17) is 0 Å². The van der Waals surface area contributed by atoms with E-state index in [1.807, 2.05) is 13.2 Å². The summed E-state index contributed by atoms with van der Waals surface area (Å²) in [5.41, 5.74) is 4.65. The van der Waals surface area contributed by atoms with Gasteiger partial charge in [0.1, 0.15) is 5.82 Å². The number of benzene rings is 2. The third-order valence-corrected chi connectivity index (χ3v) is 5.48. The molecule has 0 saturated heterocycles. The van der Waals surface area contributed by atoms with Crippen LogP contribution in [0.5, 0.6) is 0 Å². The molecule has 1 aromatic heterocycles. The molecule has 0 unspecified atom stereocenters. The third kappa shape index (κ3) is 2.25. The fourth-order valence-corrected chi connectivity index (χ4v) is 4.25. The van der Waals surface area contributed by atoms with Gasteiger partial charge in [0.2, 0.25) is 0 Å². The van der Waals surface area contributed by atoms with Gasteiger partial charge in [-0.2, -0.15) is 5.10 Å². The van der Waals surface area contributed by atoms with Crippen molar-refractivity contribution < 1.29 is 4.39 Å². The van der Waals surface area contributed by atoms with Crippen molar-refractivity contribution in [3.63, 3.8) is 0 Å². The zero-order valence-electron chi connectivity index (χ0n) is 13.7. The zero-order valence-corrected chi connectivity index (χ0v) is 13.7. The molecule has 2 atom stereocenters. The van der Waals surface area contributed by atoms with Crippen molar-refractivity contribution in [2.24, 2.45) is 13.0 Å². The minimum absolute atomic E-state index is 0.0762. The molecule has 2 aromatic carbocycles. The van der Waals surface area contributed by atoms with E-state index >= 15 is 0 Å². The molecule has 5 rings (SSSR count). The molecule has 2 heterocycles. The van der Waals surface area contributed by atoms with Crippen molar-refractivity contribution in [1.82, 2.24) is 14.7 Å². The standard InChI is InChI=1S/C20H20FN3/c1-23-12-17-19(22-23)7-6-18(21)20(17)16-8-15(16)11-24-9-13-4-2-3-5-14(13)10-24/h2-7,12,15-16H,8-11H2,1H3/t15-,16+/m0/s1. The second kappa shape index (κ2) is 5.15. The minimum atomic E-state index is -0.0762. The zero-order chi connectivity index (χ0) is 16.3. The molecule has 4 heteroatoms. The molecule has 122 valence electrons. The van der Waals surface area contributed by atoms with E-state index in [1.54, 1.807) is 16.8 Å². The maximum Gasteiger partial charge on any atom is 0.127 e. The molecule has 1 aliphatic heterocycles. The number of fused-ring (bicyclic) bond motifs is 2. The van der Waals surface area contributed by atoms with Gasteiger partial charge < -0.3 is 0 Å². The van der Waals surface area contributed by atoms with Crippen LogP contribution in [-0.4, -0.2) is 21.2 Å². The van der Waals surface area contributed by atoms with E-state index in [1.165, 1.54) is 11.1 Å². The molecule has 0 bridgehead atoms. The maximum absolute atomic E-state index is 14.5. The highest BCUT2D eigenvalue weighted by Gasteiger charge is 2.42. The predicted octanol–water partition coefficient (Wildman–Crippen LogP) is 3.83. The monoisotopic (exact) mass is 321 g/mol. The second-order valence-corrected chi connectivity index (χ2v) is 7.24. The summed E-state index contributed by atoms with van der Waals surface area (Å²) in [5.74, 6) is 0.814. The van der Waals surface area contributed by atoms with E-state index in [0.717, 1.165) is 42.5 Å². The van der Waals surface area contributed by atoms with Crippen LogP contribution in [0.15, 0.2) is 42.6 Å². The summed E-state index contributed by atoms with van der Waals surface area (Å²) in [6.45, 7) is 3.10. The van der Waals surface area contributed by atoms with Crippen molar-refractivity contribution in [3.05, 3.63) is 65.1 Å². The van der Waals surface area contributed by atoms with Crippen molar-refractivity contribution in [3.8, 4) is 0 Å². The number of rotatable bonds is 3. The van der Waals surface area contributed by atoms with E-state index in [0.29, 0.717) is 11.8 Å². The minimum Gasteiger partial charge on any atom is -0.295 e. The first-order valence-corrected chi connectivity index (χ1v) is 8.60. The van der Waals surface area contributed by atoms with Crippen LogP contribution in [0.1, 0.15) is 29.0 Å². The lowest BCUT2D eigenvalue weighted by atomic mass is 10.0. The van der Waals surface area contributed by atoms with Gasteiger partial charge in [0.05, 0.1) is 5.52 Å². The Morgan fingerprint density at radius 2 is 1.88 bits per heavy atom. The molecule has 0 spiro atoms. The number of hydrogen-bond donors (Lipinski definition) is 0. The highest BCUT2D eigenvalue weighted by molar-refractivity contribution is 5.83. The van der Waals surface area contributed by atoms with Crippen LogP contribution in [-0.2, 0) is 20.1 Å². The SMILES string of the molecule is Cn1cc2c([C@@H]3C[C@H]3CN3Cc4ccccc4C3)c(F)ccc2n1. The number of hydrogen-bond acceptors (Lipinski definition) is 2. The summed E-state index contributed by atoms with van der Waals surface area (Å²) >= 11 is 0. The molecule has 1 aliphatic carbocycles. The lowest BCUT2D eigenvalue weighted by Crippen LogP contribution is -2.19. The van der Waals surface area contributed by atoms with E-state index in [9.17, 15) is 4.39 Å². The fraction of sp³-hybridized carbons (Fsp3) is 0.350. The summed E-state index contributed by atoms with van der Waals surface area (Å²) in [5, 5.41) is 5.40. The Balaban J connectivity index is 1.36. The van der Waals surface area contributed by atoms with Crippen LogP contribution < -0.4 is 0 Å². The summed E-state index contributed by atoms with van der Waals surface area (Å²) in [7, 11) is 1.90. The van der Waals surface area contributed by atoms with Crippen LogP contribution in [0.4, 0.5) is 4.39 Å². The Kier molecular flexibility index (Phi) is 3.04. The van der Waals surface area contributed by atoms with Crippen LogP contribution in [0.2, 0.25) is 0 Å². The van der Waals surface area contributed by atoms with Gasteiger partial charge >= 0.3 is 0 Å². The average molecular weight is 321 g/mol. The van der Waals surface area contributed by atoms with Gasteiger partial charge in [0, 0.05) is 43.8 Å². The van der Waals surface area contributed by atoms with Gasteiger partial charge in [-0.25, -0.2) is 4.39 Å². The van der Waals surface area contributed by atoms with Gasteiger partial charge in [-0.3, -0.25) is 9.58 Å². The van der Waals surface area contributed by atoms with Gasteiger partial charge in [-0.1, -0.05) is 24.3 Å². The lowest BCUT2D eigenvalue weighted by Gasteiger charge is -2.14. The molecule has 0 amide bonds. The molecule has 3 nitrogen and oxygen atoms in total. The molecule has 0 radical (unpaired) electrons. The molecular formula is C20H20FN3. The smallest absolute Gasteiger partial charge is 0.127 e. The highest BCUT2D eigenvalue weighted by Crippen LogP contribution is 2.51. The van der Waals surface area contributed by atoms with Crippen molar-refractivity contribution in [2.75, 3.05) is 6.54 Å². The number of nitrogens with zero attached hydrogens (tertiary/aromatic N) is 3. The maximum atomic E-state index is 14.5. The van der Waals surface area contributed by atoms with Crippen molar-refractivity contribution in [2.45, 2.75) is 25.4 Å². The van der Waals surface area contributed by atoms with E-state index < -0.39 is 0 Å². The first-order chi connectivity index (χ1) is 11.7. The largest absolute Gasteiger partial charge is 0.295 e. The summed E-state index contributed by atoms with van der Waals surface area (Å²) < 4.78 is 16.3. The highest BCUT2D eigenvalue weighted by atomic mass is 19.1. The third-order valence-electron chi connectivity index (χ3n) is 5.48. The molecule has 24 heavy (non-hydrogen) atoms. The Morgan fingerprint density at radius 1 is 1.12 bits per heavy atom. The van der Waals surface area contributed by atoms with E-state index in [2.05, 4.69) is 34.3 Å². The van der Waals surface area contributed by atoms with E-state index in [-0.39, 0.29) is 5.82 Å². The molecule has 1 fully saturated rings. The van der Waals surface area contributed by atoms with Crippen molar-refractivity contribution >= 4 is 10.9 Å². The Labute approximate surface area is 140 Å². The van der Waals surface area contributed by atoms with Crippen LogP contribution in [0, 0.1) is 11.7 Å². The lowest BCUT2D eigenvalue weighted by molar-refractivity contribution is 0.270. The second-order valence-electron chi connectivity index (χ2n) is 7.24. The summed E-state index contributed by atoms with van der Waals surface area (Å²) in [6, 6.07) is 12.0. The van der Waals surface area contributed by atoms with Crippen LogP contribution in [0.25, 0.3) is 10.9 Å². The Hall–Kier alpha value is -2.20. The van der Waals surface area contributed by atoms with Crippen molar-refractivity contribution in [1.29, 1.82) is 0 Å². The fourth-order valence-electron chi connectivity index (χ4n) is 4.25. The number of aromatic nitrogens is 2. The van der Waals surface area contributed by atoms with Gasteiger partial charge in [-0.05, 0) is 41.5 Å². The molecule has 2 aliphatic rings. The average Bonchev–Trinajstić information content (AvgIpc) is 3.01. The molecular weight excluding hydrogens is 301 g/mol. The summed E-state index contributed by atoms with van der Waals surface area (Å²) in [6.07, 6.45) is 3.03. The normalized spacial score (nSPS) is 22.9.